The van der Waals surface area contributed by atoms with Crippen molar-refractivity contribution < 1.29 is 5.11 Å². The molecular weight excluding hydrogens is 162 g/mol. The second-order valence-electron chi connectivity index (χ2n) is 4.85. The monoisotopic (exact) mass is 183 g/mol. The molecule has 2 rings (SSSR count). The van der Waals surface area contributed by atoms with Crippen molar-refractivity contribution >= 4 is 0 Å². The van der Waals surface area contributed by atoms with Crippen molar-refractivity contribution in [3.8, 4) is 0 Å². The molecule has 1 aliphatic carbocycles. The molecule has 2 N–H and O–H groups in total. The van der Waals surface area contributed by atoms with Gasteiger partial charge < -0.3 is 10.4 Å². The first-order chi connectivity index (χ1) is 6.27. The predicted octanol–water partition coefficient (Wildman–Crippen LogP) is 1.54. The summed E-state index contributed by atoms with van der Waals surface area (Å²) < 4.78 is 0. The summed E-state index contributed by atoms with van der Waals surface area (Å²) in [6.07, 6.45) is 5.98. The average molecular weight is 183 g/mol. The number of rotatable bonds is 1. The summed E-state index contributed by atoms with van der Waals surface area (Å²) in [5.41, 5.74) is 0. The molecule has 4 atom stereocenters. The molecule has 13 heavy (non-hydrogen) atoms. The first kappa shape index (κ1) is 9.47. The maximum Gasteiger partial charge on any atom is 0.0583 e. The summed E-state index contributed by atoms with van der Waals surface area (Å²) in [5.74, 6) is 1.35. The van der Waals surface area contributed by atoms with Gasteiger partial charge in [-0.2, -0.15) is 0 Å². The van der Waals surface area contributed by atoms with Gasteiger partial charge in [0.25, 0.3) is 0 Å². The van der Waals surface area contributed by atoms with E-state index in [1.165, 1.54) is 25.7 Å². The molecule has 1 aliphatic heterocycles. The maximum absolute atomic E-state index is 9.91. The highest BCUT2D eigenvalue weighted by atomic mass is 16.3. The van der Waals surface area contributed by atoms with Crippen molar-refractivity contribution in [3.05, 3.63) is 0 Å². The van der Waals surface area contributed by atoms with Gasteiger partial charge in [-0.3, -0.25) is 0 Å². The van der Waals surface area contributed by atoms with E-state index in [1.807, 2.05) is 0 Å². The first-order valence-electron chi connectivity index (χ1n) is 5.69. The van der Waals surface area contributed by atoms with Gasteiger partial charge in [0.15, 0.2) is 0 Å². The van der Waals surface area contributed by atoms with E-state index in [-0.39, 0.29) is 6.10 Å². The Morgan fingerprint density at radius 1 is 1.23 bits per heavy atom. The lowest BCUT2D eigenvalue weighted by molar-refractivity contribution is 0.0348. The molecule has 0 bridgehead atoms. The van der Waals surface area contributed by atoms with Gasteiger partial charge in [-0.1, -0.05) is 6.92 Å². The molecule has 1 heterocycles. The van der Waals surface area contributed by atoms with Gasteiger partial charge in [-0.25, -0.2) is 0 Å². The van der Waals surface area contributed by atoms with Gasteiger partial charge in [-0.15, -0.1) is 0 Å². The normalized spacial score (nSPS) is 46.6. The summed E-state index contributed by atoms with van der Waals surface area (Å²) in [7, 11) is 0. The van der Waals surface area contributed by atoms with Crippen LogP contribution in [0.4, 0.5) is 0 Å². The van der Waals surface area contributed by atoms with Crippen molar-refractivity contribution in [1.29, 1.82) is 0 Å². The molecule has 2 nitrogen and oxygen atoms in total. The number of hydrogen-bond donors (Lipinski definition) is 2. The minimum Gasteiger partial charge on any atom is -0.393 e. The molecule has 2 heteroatoms. The molecule has 0 spiro atoms. The van der Waals surface area contributed by atoms with Crippen molar-refractivity contribution in [2.24, 2.45) is 11.8 Å². The van der Waals surface area contributed by atoms with Crippen LogP contribution < -0.4 is 5.32 Å². The quantitative estimate of drug-likeness (QED) is 0.646. The van der Waals surface area contributed by atoms with Crippen LogP contribution >= 0.6 is 0 Å². The third-order valence-electron chi connectivity index (χ3n) is 3.74. The Bertz CT molecular complexity index is 165. The van der Waals surface area contributed by atoms with Crippen molar-refractivity contribution in [2.45, 2.75) is 51.2 Å². The Hall–Kier alpha value is -0.0800. The molecular formula is C11H21NO. The van der Waals surface area contributed by atoms with E-state index in [9.17, 15) is 5.11 Å². The van der Waals surface area contributed by atoms with E-state index in [0.717, 1.165) is 18.9 Å². The van der Waals surface area contributed by atoms with Gasteiger partial charge >= 0.3 is 0 Å². The minimum atomic E-state index is -0.0354. The maximum atomic E-state index is 9.91. The fourth-order valence-electron chi connectivity index (χ4n) is 2.92. The predicted molar refractivity (Wildman–Crippen MR) is 53.5 cm³/mol. The standard InChI is InChI=1S/C11H21NO/c1-8-4-5-11(13)9(7-8)10-3-2-6-12-10/h8-13H,2-7H2,1H3/t8-,9+,10+,11+/m1/s1. The van der Waals surface area contributed by atoms with Crippen LogP contribution in [0, 0.1) is 11.8 Å². The molecule has 2 aliphatic rings. The summed E-state index contributed by atoms with van der Waals surface area (Å²) >= 11 is 0. The highest BCUT2D eigenvalue weighted by Gasteiger charge is 2.34. The Morgan fingerprint density at radius 2 is 2.08 bits per heavy atom. The Labute approximate surface area is 80.7 Å². The lowest BCUT2D eigenvalue weighted by Crippen LogP contribution is -2.41. The van der Waals surface area contributed by atoms with Gasteiger partial charge in [0.2, 0.25) is 0 Å². The third-order valence-corrected chi connectivity index (χ3v) is 3.74. The van der Waals surface area contributed by atoms with E-state index < -0.39 is 0 Å². The summed E-state index contributed by atoms with van der Waals surface area (Å²) in [5, 5.41) is 13.4. The second kappa shape index (κ2) is 3.97. The van der Waals surface area contributed by atoms with Gasteiger partial charge in [0.05, 0.1) is 6.10 Å². The highest BCUT2D eigenvalue weighted by molar-refractivity contribution is 4.89. The fourth-order valence-corrected chi connectivity index (χ4v) is 2.92. The number of aliphatic hydroxyl groups is 1. The third kappa shape index (κ3) is 2.05. The highest BCUT2D eigenvalue weighted by Crippen LogP contribution is 2.33. The number of nitrogens with one attached hydrogen (secondary N) is 1. The molecule has 0 amide bonds. The molecule has 0 radical (unpaired) electrons. The molecule has 1 saturated carbocycles. The summed E-state index contributed by atoms with van der Waals surface area (Å²) in [4.78, 5) is 0. The van der Waals surface area contributed by atoms with Crippen LogP contribution in [0.2, 0.25) is 0 Å². The lowest BCUT2D eigenvalue weighted by atomic mass is 9.76. The van der Waals surface area contributed by atoms with Gasteiger partial charge in [0.1, 0.15) is 0 Å². The molecule has 76 valence electrons. The summed E-state index contributed by atoms with van der Waals surface area (Å²) in [6.45, 7) is 3.47. The summed E-state index contributed by atoms with van der Waals surface area (Å²) in [6, 6.07) is 0.609. The number of aliphatic hydroxyl groups excluding tert-OH is 1. The molecule has 0 aromatic heterocycles. The van der Waals surface area contributed by atoms with Crippen LogP contribution in [0.5, 0.6) is 0 Å². The fraction of sp³-hybridized carbons (Fsp3) is 1.00. The average Bonchev–Trinajstić information content (AvgIpc) is 2.61. The number of hydrogen-bond acceptors (Lipinski definition) is 2. The molecule has 2 fully saturated rings. The zero-order chi connectivity index (χ0) is 9.26. The van der Waals surface area contributed by atoms with E-state index in [4.69, 9.17) is 0 Å². The molecule has 1 saturated heterocycles. The topological polar surface area (TPSA) is 32.3 Å². The Balaban J connectivity index is 1.94. The van der Waals surface area contributed by atoms with Crippen molar-refractivity contribution in [1.82, 2.24) is 5.32 Å². The molecule has 0 aromatic rings. The molecule has 0 aromatic carbocycles. The largest absolute Gasteiger partial charge is 0.393 e. The van der Waals surface area contributed by atoms with Gasteiger partial charge in [0, 0.05) is 12.0 Å². The minimum absolute atomic E-state index is 0.0354. The first-order valence-corrected chi connectivity index (χ1v) is 5.69. The van der Waals surface area contributed by atoms with Crippen LogP contribution in [-0.2, 0) is 0 Å². The van der Waals surface area contributed by atoms with Crippen LogP contribution in [-0.4, -0.2) is 23.8 Å². The SMILES string of the molecule is C[C@@H]1CC[C@H](O)[C@H]([C@@H]2CCCN2)C1. The smallest absolute Gasteiger partial charge is 0.0583 e. The zero-order valence-electron chi connectivity index (χ0n) is 8.50. The Kier molecular flexibility index (Phi) is 2.89. The van der Waals surface area contributed by atoms with E-state index in [1.54, 1.807) is 0 Å². The van der Waals surface area contributed by atoms with Crippen molar-refractivity contribution in [3.63, 3.8) is 0 Å². The van der Waals surface area contributed by atoms with Crippen LogP contribution in [0.15, 0.2) is 0 Å². The van der Waals surface area contributed by atoms with Crippen LogP contribution in [0.1, 0.15) is 39.0 Å². The Morgan fingerprint density at radius 3 is 2.77 bits per heavy atom. The van der Waals surface area contributed by atoms with Gasteiger partial charge in [-0.05, 0) is 44.6 Å². The second-order valence-corrected chi connectivity index (χ2v) is 4.85. The van der Waals surface area contributed by atoms with Crippen molar-refractivity contribution in [2.75, 3.05) is 6.54 Å². The van der Waals surface area contributed by atoms with E-state index in [0.29, 0.717) is 12.0 Å². The van der Waals surface area contributed by atoms with Crippen LogP contribution in [0.3, 0.4) is 0 Å². The van der Waals surface area contributed by atoms with E-state index in [2.05, 4.69) is 12.2 Å². The zero-order valence-corrected chi connectivity index (χ0v) is 8.50. The van der Waals surface area contributed by atoms with E-state index >= 15 is 0 Å². The van der Waals surface area contributed by atoms with Crippen LogP contribution in [0.25, 0.3) is 0 Å². The molecule has 0 unspecified atom stereocenters. The lowest BCUT2D eigenvalue weighted by Gasteiger charge is -2.35.